The second-order valence-electron chi connectivity index (χ2n) is 12.4. The number of carboxylic acid groups (broad SMARTS) is 1. The lowest BCUT2D eigenvalue weighted by Crippen LogP contribution is -3.05. The van der Waals surface area contributed by atoms with Crippen molar-refractivity contribution >= 4 is 5.97 Å². The van der Waals surface area contributed by atoms with Crippen molar-refractivity contribution < 1.29 is 14.8 Å². The molecular weight excluding hydrogens is 514 g/mol. The topological polar surface area (TPSA) is 44.6 Å². The molecule has 1 N–H and O–H groups in total. The van der Waals surface area contributed by atoms with Gasteiger partial charge in [0.1, 0.15) is 0 Å². The van der Waals surface area contributed by atoms with Crippen molar-refractivity contribution in [3.05, 3.63) is 60.2 Å². The summed E-state index contributed by atoms with van der Waals surface area (Å²) in [6.07, 6.45) is 38.9. The zero-order valence-corrected chi connectivity index (χ0v) is 28.2. The number of carbonyl (C=O) groups excluding carboxylic acids is 1. The normalized spacial score (nSPS) is 11.4. The van der Waals surface area contributed by atoms with Gasteiger partial charge in [0.15, 0.2) is 0 Å². The summed E-state index contributed by atoms with van der Waals surface area (Å²) in [6.45, 7) is 3.57. The van der Waals surface area contributed by atoms with Crippen molar-refractivity contribution in [1.29, 1.82) is 0 Å². The van der Waals surface area contributed by atoms with E-state index in [0.29, 0.717) is 0 Å². The summed E-state index contributed by atoms with van der Waals surface area (Å²) in [5.41, 5.74) is 1.50. The first-order valence-electron chi connectivity index (χ1n) is 17.9. The van der Waals surface area contributed by atoms with E-state index in [-0.39, 0.29) is 6.42 Å². The summed E-state index contributed by atoms with van der Waals surface area (Å²) in [5.74, 6) is -0.921. The highest BCUT2D eigenvalue weighted by Crippen LogP contribution is 2.13. The molecule has 0 amide bonds. The molecule has 0 aliphatic carbocycles. The van der Waals surface area contributed by atoms with Gasteiger partial charge in [0.25, 0.3) is 0 Å². The number of unbranched alkanes of at least 4 members (excludes halogenated alkanes) is 18. The van der Waals surface area contributed by atoms with Crippen molar-refractivity contribution in [2.75, 3.05) is 20.6 Å². The third-order valence-corrected chi connectivity index (χ3v) is 7.82. The number of carbonyl (C=O) groups is 1. The van der Waals surface area contributed by atoms with Crippen LogP contribution in [-0.4, -0.2) is 26.6 Å². The van der Waals surface area contributed by atoms with E-state index in [9.17, 15) is 9.90 Å². The van der Waals surface area contributed by atoms with Crippen molar-refractivity contribution in [2.24, 2.45) is 0 Å². The summed E-state index contributed by atoms with van der Waals surface area (Å²) in [5, 5.41) is 10.2. The Morgan fingerprint density at radius 3 is 1.62 bits per heavy atom. The van der Waals surface area contributed by atoms with Crippen molar-refractivity contribution in [2.45, 2.75) is 161 Å². The molecule has 0 heterocycles. The second-order valence-corrected chi connectivity index (χ2v) is 12.4. The third-order valence-electron chi connectivity index (χ3n) is 7.82. The fraction of sp³-hybridized carbons (Fsp3) is 0.718. The molecule has 0 spiro atoms. The van der Waals surface area contributed by atoms with Gasteiger partial charge >= 0.3 is 0 Å². The molecule has 0 aliphatic rings. The van der Waals surface area contributed by atoms with Crippen LogP contribution in [0.2, 0.25) is 0 Å². The number of benzene rings is 1. The summed E-state index contributed by atoms with van der Waals surface area (Å²) in [7, 11) is 4.50. The van der Waals surface area contributed by atoms with Crippen LogP contribution >= 0.6 is 0 Å². The summed E-state index contributed by atoms with van der Waals surface area (Å²) in [6, 6.07) is 10.9. The number of aliphatic carboxylic acids is 1. The highest BCUT2D eigenvalue weighted by atomic mass is 16.4. The zero-order chi connectivity index (χ0) is 30.8. The van der Waals surface area contributed by atoms with Gasteiger partial charge in [-0.2, -0.15) is 0 Å². The number of aryl methyl sites for hydroxylation is 1. The molecule has 0 saturated heterocycles. The van der Waals surface area contributed by atoms with Crippen LogP contribution < -0.4 is 10.0 Å². The summed E-state index contributed by atoms with van der Waals surface area (Å²) in [4.78, 5) is 11.8. The van der Waals surface area contributed by atoms with Gasteiger partial charge in [0.2, 0.25) is 0 Å². The number of hydrogen-bond donors (Lipinski definition) is 1. The van der Waals surface area contributed by atoms with Crippen molar-refractivity contribution in [3.63, 3.8) is 0 Å². The molecular formula is C39H69NO2. The summed E-state index contributed by atoms with van der Waals surface area (Å²) < 4.78 is 0. The Morgan fingerprint density at radius 1 is 0.619 bits per heavy atom. The molecule has 42 heavy (non-hydrogen) atoms. The van der Waals surface area contributed by atoms with E-state index in [0.717, 1.165) is 32.1 Å². The average Bonchev–Trinajstić information content (AvgIpc) is 2.98. The van der Waals surface area contributed by atoms with Crippen LogP contribution in [0.25, 0.3) is 0 Å². The number of nitrogens with one attached hydrogen (secondary N) is 1. The maximum Gasteiger partial charge on any atom is 0.0766 e. The van der Waals surface area contributed by atoms with Crippen LogP contribution in [-0.2, 0) is 11.2 Å². The minimum Gasteiger partial charge on any atom is -0.550 e. The zero-order valence-electron chi connectivity index (χ0n) is 28.2. The first kappa shape index (κ1) is 40.1. The van der Waals surface area contributed by atoms with Gasteiger partial charge in [0, 0.05) is 5.97 Å². The minimum atomic E-state index is -0.921. The molecule has 0 aliphatic heterocycles. The highest BCUT2D eigenvalue weighted by molar-refractivity contribution is 5.64. The van der Waals surface area contributed by atoms with E-state index in [1.807, 2.05) is 0 Å². The number of quaternary nitrogens is 1. The van der Waals surface area contributed by atoms with Crippen LogP contribution in [0.4, 0.5) is 0 Å². The lowest BCUT2D eigenvalue weighted by atomic mass is 10.0. The smallest absolute Gasteiger partial charge is 0.0766 e. The molecule has 1 aromatic rings. The predicted octanol–water partition coefficient (Wildman–Crippen LogP) is 9.21. The van der Waals surface area contributed by atoms with E-state index >= 15 is 0 Å². The molecule has 0 radical (unpaired) electrons. The minimum absolute atomic E-state index is 0.213. The fourth-order valence-corrected chi connectivity index (χ4v) is 5.12. The Balaban J connectivity index is 0.000000805. The van der Waals surface area contributed by atoms with Crippen LogP contribution in [0.3, 0.4) is 0 Å². The van der Waals surface area contributed by atoms with Gasteiger partial charge in [-0.3, -0.25) is 0 Å². The molecule has 0 saturated carbocycles. The lowest BCUT2D eigenvalue weighted by molar-refractivity contribution is -0.858. The SMILES string of the molecule is CCCCC/C=C\C/C=C\CCCCCCCC(=O)[O-].C[NH+](C)CCCCCCCCCCCCCc1ccccc1. The van der Waals surface area contributed by atoms with Gasteiger partial charge in [0.05, 0.1) is 20.6 Å². The van der Waals surface area contributed by atoms with Crippen molar-refractivity contribution in [3.8, 4) is 0 Å². The molecule has 3 nitrogen and oxygen atoms in total. The van der Waals surface area contributed by atoms with E-state index in [2.05, 4.69) is 75.7 Å². The lowest BCUT2D eigenvalue weighted by Gasteiger charge is -2.06. The maximum atomic E-state index is 10.2. The van der Waals surface area contributed by atoms with Gasteiger partial charge in [-0.15, -0.1) is 0 Å². The van der Waals surface area contributed by atoms with E-state index in [1.165, 1.54) is 128 Å². The molecule has 0 bridgehead atoms. The summed E-state index contributed by atoms with van der Waals surface area (Å²) >= 11 is 0. The van der Waals surface area contributed by atoms with Gasteiger partial charge in [-0.05, 0) is 76.2 Å². The Hall–Kier alpha value is -1.87. The fourth-order valence-electron chi connectivity index (χ4n) is 5.12. The quantitative estimate of drug-likeness (QED) is 0.0789. The molecule has 1 rings (SSSR count). The number of allylic oxidation sites excluding steroid dienone is 4. The molecule has 0 fully saturated rings. The van der Waals surface area contributed by atoms with Gasteiger partial charge in [-0.25, -0.2) is 0 Å². The second kappa shape index (κ2) is 33.6. The Bertz CT molecular complexity index is 725. The molecule has 0 atom stereocenters. The van der Waals surface area contributed by atoms with Gasteiger partial charge < -0.3 is 14.8 Å². The largest absolute Gasteiger partial charge is 0.550 e. The van der Waals surface area contributed by atoms with E-state index in [4.69, 9.17) is 0 Å². The Morgan fingerprint density at radius 2 is 1.10 bits per heavy atom. The standard InChI is InChI=1S/C21H37N.C18H32O2/c1-22(2)20-16-11-9-7-5-3-4-6-8-10-13-17-21-18-14-12-15-19-21;1-2-3-4-5-6-7-8-9-10-11-12-13-14-15-16-17-18(19)20/h12,14-15,18-19H,3-11,13,16-17,20H2,1-2H3;6-7,9-10H,2-5,8,11-17H2,1H3,(H,19,20)/b;7-6-,10-9-. The third kappa shape index (κ3) is 34.3. The molecule has 242 valence electrons. The van der Waals surface area contributed by atoms with Gasteiger partial charge in [-0.1, -0.05) is 145 Å². The highest BCUT2D eigenvalue weighted by Gasteiger charge is 1.96. The van der Waals surface area contributed by atoms with Crippen LogP contribution in [0.15, 0.2) is 54.6 Å². The average molecular weight is 584 g/mol. The van der Waals surface area contributed by atoms with Crippen LogP contribution in [0.1, 0.15) is 160 Å². The van der Waals surface area contributed by atoms with Crippen LogP contribution in [0.5, 0.6) is 0 Å². The molecule has 1 aromatic carbocycles. The number of rotatable bonds is 28. The number of hydrogen-bond acceptors (Lipinski definition) is 2. The molecule has 0 aromatic heterocycles. The van der Waals surface area contributed by atoms with Crippen molar-refractivity contribution in [1.82, 2.24) is 0 Å². The van der Waals surface area contributed by atoms with Crippen LogP contribution in [0, 0.1) is 0 Å². The first-order valence-corrected chi connectivity index (χ1v) is 17.9. The van der Waals surface area contributed by atoms with E-state index < -0.39 is 5.97 Å². The Labute approximate surface area is 262 Å². The van der Waals surface area contributed by atoms with E-state index in [1.54, 1.807) is 4.90 Å². The maximum absolute atomic E-state index is 10.2. The first-order chi connectivity index (χ1) is 20.6. The molecule has 3 heteroatoms. The monoisotopic (exact) mass is 584 g/mol. The predicted molar refractivity (Wildman–Crippen MR) is 183 cm³/mol. The molecule has 0 unspecified atom stereocenters. The number of carboxylic acids is 1. The Kier molecular flexibility index (Phi) is 32.1.